The second-order valence-electron chi connectivity index (χ2n) is 4.24. The summed E-state index contributed by atoms with van der Waals surface area (Å²) in [6.45, 7) is 1.90. The van der Waals surface area contributed by atoms with E-state index in [1.165, 1.54) is 0 Å². The number of nitrogens with one attached hydrogen (secondary N) is 1. The van der Waals surface area contributed by atoms with Gasteiger partial charge in [-0.2, -0.15) is 0 Å². The minimum atomic E-state index is -0.452. The molecule has 0 amide bonds. The Morgan fingerprint density at radius 3 is 2.65 bits per heavy atom. The van der Waals surface area contributed by atoms with Crippen molar-refractivity contribution in [2.75, 3.05) is 5.32 Å². The summed E-state index contributed by atoms with van der Waals surface area (Å²) < 4.78 is 14.5. The van der Waals surface area contributed by atoms with Crippen LogP contribution >= 0.6 is 39.7 Å². The molecule has 104 valence electrons. The number of aryl methyl sites for hydroxylation is 1. The minimum Gasteiger partial charge on any atom is -0.389 e. The number of hydrogen-bond acceptors (Lipinski definition) is 2. The second kappa shape index (κ2) is 6.08. The third-order valence-corrected chi connectivity index (χ3v) is 4.20. The average Bonchev–Trinajstić information content (AvgIpc) is 2.39. The Morgan fingerprint density at radius 2 is 2.05 bits per heavy atom. The third-order valence-electron chi connectivity index (χ3n) is 2.80. The van der Waals surface area contributed by atoms with Crippen LogP contribution in [-0.4, -0.2) is 4.99 Å². The summed E-state index contributed by atoms with van der Waals surface area (Å²) in [7, 11) is 0. The summed E-state index contributed by atoms with van der Waals surface area (Å²) in [4.78, 5) is 0.140. The molecule has 3 N–H and O–H groups in total. The van der Waals surface area contributed by atoms with Gasteiger partial charge in [0.25, 0.3) is 0 Å². The molecule has 0 saturated heterocycles. The van der Waals surface area contributed by atoms with Crippen LogP contribution in [0.25, 0.3) is 0 Å². The van der Waals surface area contributed by atoms with E-state index in [0.29, 0.717) is 22.0 Å². The van der Waals surface area contributed by atoms with E-state index in [4.69, 9.17) is 29.6 Å². The molecule has 0 atom stereocenters. The molecule has 0 aliphatic heterocycles. The Morgan fingerprint density at radius 1 is 1.35 bits per heavy atom. The normalized spacial score (nSPS) is 10.4. The van der Waals surface area contributed by atoms with Crippen molar-refractivity contribution in [1.82, 2.24) is 0 Å². The summed E-state index contributed by atoms with van der Waals surface area (Å²) in [6.07, 6.45) is 0. The lowest BCUT2D eigenvalue weighted by atomic mass is 10.1. The van der Waals surface area contributed by atoms with Gasteiger partial charge in [0.2, 0.25) is 0 Å². The zero-order chi connectivity index (χ0) is 14.9. The molecule has 2 rings (SSSR count). The van der Waals surface area contributed by atoms with E-state index in [9.17, 15) is 4.39 Å². The van der Waals surface area contributed by atoms with Crippen molar-refractivity contribution in [3.8, 4) is 0 Å². The fourth-order valence-corrected chi connectivity index (χ4v) is 2.70. The average molecular weight is 374 g/mol. The first-order chi connectivity index (χ1) is 9.40. The Balaban J connectivity index is 2.37. The molecule has 2 aromatic rings. The van der Waals surface area contributed by atoms with E-state index in [-0.39, 0.29) is 9.46 Å². The Kier molecular flexibility index (Phi) is 4.62. The van der Waals surface area contributed by atoms with Crippen LogP contribution in [0.3, 0.4) is 0 Å². The van der Waals surface area contributed by atoms with E-state index in [2.05, 4.69) is 21.2 Å². The van der Waals surface area contributed by atoms with Gasteiger partial charge in [0.05, 0.1) is 10.2 Å². The van der Waals surface area contributed by atoms with Crippen LogP contribution in [0.15, 0.2) is 34.8 Å². The van der Waals surface area contributed by atoms with Gasteiger partial charge in [-0.25, -0.2) is 4.39 Å². The predicted molar refractivity (Wildman–Crippen MR) is 89.5 cm³/mol. The molecule has 2 aromatic carbocycles. The minimum absolute atomic E-state index is 0.140. The van der Waals surface area contributed by atoms with Crippen LogP contribution in [0.1, 0.15) is 11.1 Å². The zero-order valence-electron chi connectivity index (χ0n) is 10.5. The van der Waals surface area contributed by atoms with Crippen LogP contribution < -0.4 is 11.1 Å². The van der Waals surface area contributed by atoms with Crippen LogP contribution in [-0.2, 0) is 0 Å². The van der Waals surface area contributed by atoms with Gasteiger partial charge in [-0.05, 0) is 52.7 Å². The van der Waals surface area contributed by atoms with Crippen molar-refractivity contribution in [2.24, 2.45) is 5.73 Å². The number of thiocarbonyl (C=S) groups is 1. The lowest BCUT2D eigenvalue weighted by molar-refractivity contribution is 0.625. The molecule has 0 aliphatic carbocycles. The lowest BCUT2D eigenvalue weighted by Crippen LogP contribution is -2.11. The molecule has 0 spiro atoms. The summed E-state index contributed by atoms with van der Waals surface area (Å²) in [5.41, 5.74) is 7.96. The van der Waals surface area contributed by atoms with Gasteiger partial charge in [-0.3, -0.25) is 0 Å². The maximum Gasteiger partial charge on any atom is 0.161 e. The topological polar surface area (TPSA) is 38.0 Å². The highest BCUT2D eigenvalue weighted by molar-refractivity contribution is 9.10. The SMILES string of the molecule is Cc1ccc(Nc2ccc(C(N)=S)c(Br)c2F)cc1Cl. The number of hydrogen-bond donors (Lipinski definition) is 2. The monoisotopic (exact) mass is 372 g/mol. The molecule has 0 radical (unpaired) electrons. The predicted octanol–water partition coefficient (Wildman–Crippen LogP) is 4.93. The van der Waals surface area contributed by atoms with Crippen molar-refractivity contribution in [3.05, 3.63) is 56.8 Å². The van der Waals surface area contributed by atoms with Crippen molar-refractivity contribution < 1.29 is 4.39 Å². The summed E-state index contributed by atoms with van der Waals surface area (Å²) >= 11 is 14.1. The number of halogens is 3. The van der Waals surface area contributed by atoms with Crippen LogP contribution in [0.5, 0.6) is 0 Å². The molecular weight excluding hydrogens is 363 g/mol. The molecule has 0 bridgehead atoms. The van der Waals surface area contributed by atoms with E-state index in [1.807, 2.05) is 19.1 Å². The van der Waals surface area contributed by atoms with Gasteiger partial charge in [-0.15, -0.1) is 0 Å². The van der Waals surface area contributed by atoms with Gasteiger partial charge in [-0.1, -0.05) is 29.9 Å². The smallest absolute Gasteiger partial charge is 0.161 e. The molecule has 0 unspecified atom stereocenters. The van der Waals surface area contributed by atoms with Crippen LogP contribution in [0, 0.1) is 12.7 Å². The quantitative estimate of drug-likeness (QED) is 0.749. The highest BCUT2D eigenvalue weighted by Crippen LogP contribution is 2.30. The van der Waals surface area contributed by atoms with Crippen molar-refractivity contribution in [3.63, 3.8) is 0 Å². The van der Waals surface area contributed by atoms with E-state index < -0.39 is 5.82 Å². The zero-order valence-corrected chi connectivity index (χ0v) is 13.7. The fraction of sp³-hybridized carbons (Fsp3) is 0.0714. The van der Waals surface area contributed by atoms with Crippen LogP contribution in [0.4, 0.5) is 15.8 Å². The fourth-order valence-electron chi connectivity index (χ4n) is 1.66. The van der Waals surface area contributed by atoms with Crippen LogP contribution in [0.2, 0.25) is 5.02 Å². The lowest BCUT2D eigenvalue weighted by Gasteiger charge is -2.12. The van der Waals surface area contributed by atoms with E-state index in [1.54, 1.807) is 18.2 Å². The van der Waals surface area contributed by atoms with E-state index >= 15 is 0 Å². The largest absolute Gasteiger partial charge is 0.389 e. The first-order valence-electron chi connectivity index (χ1n) is 5.71. The molecule has 0 fully saturated rings. The molecule has 0 saturated carbocycles. The Labute approximate surface area is 135 Å². The first-order valence-corrected chi connectivity index (χ1v) is 7.29. The highest BCUT2D eigenvalue weighted by Gasteiger charge is 2.13. The molecular formula is C14H11BrClFN2S. The number of anilines is 2. The molecule has 20 heavy (non-hydrogen) atoms. The Bertz CT molecular complexity index is 691. The first kappa shape index (κ1) is 15.2. The van der Waals surface area contributed by atoms with Gasteiger partial charge in [0, 0.05) is 16.3 Å². The standard InChI is InChI=1S/C14H11BrClFN2S/c1-7-2-3-8(6-10(7)16)19-11-5-4-9(14(18)20)12(15)13(11)17/h2-6,19H,1H3,(H2,18,20). The number of benzene rings is 2. The summed E-state index contributed by atoms with van der Waals surface area (Å²) in [5.74, 6) is -0.452. The maximum absolute atomic E-state index is 14.2. The third kappa shape index (κ3) is 3.11. The molecule has 6 heteroatoms. The maximum atomic E-state index is 14.2. The van der Waals surface area contributed by atoms with Crippen molar-refractivity contribution >= 4 is 56.1 Å². The van der Waals surface area contributed by atoms with Gasteiger partial charge in [0.1, 0.15) is 4.99 Å². The summed E-state index contributed by atoms with van der Waals surface area (Å²) in [6, 6.07) is 8.68. The Hall–Kier alpha value is -1.17. The summed E-state index contributed by atoms with van der Waals surface area (Å²) in [5, 5.41) is 3.59. The molecule has 0 heterocycles. The van der Waals surface area contributed by atoms with Gasteiger partial charge >= 0.3 is 0 Å². The van der Waals surface area contributed by atoms with Crippen molar-refractivity contribution in [2.45, 2.75) is 6.92 Å². The number of rotatable bonds is 3. The molecule has 0 aromatic heterocycles. The molecule has 2 nitrogen and oxygen atoms in total. The molecule has 0 aliphatic rings. The second-order valence-corrected chi connectivity index (χ2v) is 5.88. The van der Waals surface area contributed by atoms with Crippen molar-refractivity contribution in [1.29, 1.82) is 0 Å². The number of nitrogens with two attached hydrogens (primary N) is 1. The highest BCUT2D eigenvalue weighted by atomic mass is 79.9. The van der Waals surface area contributed by atoms with Gasteiger partial charge < -0.3 is 11.1 Å². The van der Waals surface area contributed by atoms with E-state index in [0.717, 1.165) is 5.56 Å². The van der Waals surface area contributed by atoms with Gasteiger partial charge in [0.15, 0.2) is 5.82 Å².